The number of amides is 2. The minimum atomic E-state index is -0.598. The van der Waals surface area contributed by atoms with E-state index in [0.29, 0.717) is 52.5 Å². The predicted molar refractivity (Wildman–Crippen MR) is 156 cm³/mol. The molecule has 3 atom stereocenters. The van der Waals surface area contributed by atoms with Crippen LogP contribution in [0.3, 0.4) is 0 Å². The highest BCUT2D eigenvalue weighted by molar-refractivity contribution is 7.21. The number of nitrogen functional groups attached to an aromatic ring is 1. The van der Waals surface area contributed by atoms with Crippen molar-refractivity contribution in [3.05, 3.63) is 51.5 Å². The molecule has 41 heavy (non-hydrogen) atoms. The van der Waals surface area contributed by atoms with Crippen LogP contribution >= 0.6 is 11.3 Å². The monoisotopic (exact) mass is 583 g/mol. The molecule has 8 nitrogen and oxygen atoms in total. The van der Waals surface area contributed by atoms with Crippen LogP contribution in [0.5, 0.6) is 0 Å². The number of benzene rings is 1. The molecule has 1 aromatic carbocycles. The topological polar surface area (TPSA) is 101 Å². The van der Waals surface area contributed by atoms with Gasteiger partial charge in [-0.15, -0.1) is 11.3 Å². The van der Waals surface area contributed by atoms with Gasteiger partial charge in [0.15, 0.2) is 0 Å². The second-order valence-corrected chi connectivity index (χ2v) is 13.4. The number of rotatable bonds is 3. The van der Waals surface area contributed by atoms with Crippen molar-refractivity contribution < 1.29 is 23.1 Å². The van der Waals surface area contributed by atoms with Gasteiger partial charge in [-0.3, -0.25) is 9.69 Å². The number of pyridine rings is 1. The number of nitrogens with two attached hydrogens (primary N) is 1. The van der Waals surface area contributed by atoms with E-state index < -0.39 is 17.2 Å². The van der Waals surface area contributed by atoms with Crippen LogP contribution in [0.25, 0.3) is 10.2 Å². The van der Waals surface area contributed by atoms with Gasteiger partial charge in [-0.05, 0) is 83.1 Å². The number of fused-ring (bicyclic) bond motifs is 4. The van der Waals surface area contributed by atoms with Crippen LogP contribution < -0.4 is 16.0 Å². The Bertz CT molecular complexity index is 1540. The quantitative estimate of drug-likeness (QED) is 0.432. The molecule has 4 heterocycles. The van der Waals surface area contributed by atoms with Crippen LogP contribution in [-0.4, -0.2) is 58.7 Å². The number of anilines is 2. The second-order valence-electron chi connectivity index (χ2n) is 12.4. The number of aromatic nitrogens is 1. The van der Waals surface area contributed by atoms with Crippen LogP contribution in [0.15, 0.2) is 18.2 Å². The number of nitrogens with zero attached hydrogens (tertiary/aromatic N) is 3. The third-order valence-corrected chi connectivity index (χ3v) is 9.41. The third kappa shape index (κ3) is 5.09. The Kier molecular flexibility index (Phi) is 6.83. The second kappa shape index (κ2) is 10.1. The van der Waals surface area contributed by atoms with E-state index >= 15 is 8.78 Å². The molecule has 2 fully saturated rings. The Hall–Kier alpha value is -3.47. The van der Waals surface area contributed by atoms with Crippen molar-refractivity contribution in [2.45, 2.75) is 83.5 Å². The summed E-state index contributed by atoms with van der Waals surface area (Å²) in [7, 11) is 0. The fourth-order valence-electron chi connectivity index (χ4n) is 6.43. The van der Waals surface area contributed by atoms with Gasteiger partial charge in [0.1, 0.15) is 26.9 Å². The molecule has 1 aliphatic carbocycles. The van der Waals surface area contributed by atoms with Crippen molar-refractivity contribution in [1.82, 2.24) is 15.2 Å². The maximum atomic E-state index is 15.9. The van der Waals surface area contributed by atoms with Gasteiger partial charge >= 0.3 is 6.09 Å². The van der Waals surface area contributed by atoms with Crippen LogP contribution in [0, 0.1) is 18.6 Å². The SMILES string of the molecule is Cc1ccc2c(N)c(C(=O)N[C@H]3CCc4c(F)c(N5CC6CCC(C5)N6C(=O)OC(C)(C)C)cc(F)c4C3)sc2n1. The first-order chi connectivity index (χ1) is 19.4. The maximum absolute atomic E-state index is 15.9. The van der Waals surface area contributed by atoms with Gasteiger partial charge in [-0.1, -0.05) is 0 Å². The lowest BCUT2D eigenvalue weighted by molar-refractivity contribution is 0.0122. The molecular weight excluding hydrogens is 548 g/mol. The first-order valence-electron chi connectivity index (χ1n) is 14.1. The van der Waals surface area contributed by atoms with Crippen molar-refractivity contribution in [1.29, 1.82) is 0 Å². The van der Waals surface area contributed by atoms with E-state index in [1.807, 2.05) is 44.7 Å². The highest BCUT2D eigenvalue weighted by atomic mass is 32.1. The molecule has 3 aliphatic rings. The minimum Gasteiger partial charge on any atom is -0.444 e. The minimum absolute atomic E-state index is 0.109. The van der Waals surface area contributed by atoms with Gasteiger partial charge in [-0.2, -0.15) is 0 Å². The zero-order chi connectivity index (χ0) is 29.2. The predicted octanol–water partition coefficient (Wildman–Crippen LogP) is 5.34. The molecule has 3 aromatic rings. The summed E-state index contributed by atoms with van der Waals surface area (Å²) in [4.78, 5) is 35.1. The zero-order valence-electron chi connectivity index (χ0n) is 23.7. The summed E-state index contributed by atoms with van der Waals surface area (Å²) in [6.07, 6.45) is 2.25. The Balaban J connectivity index is 1.17. The normalized spacial score (nSPS) is 22.1. The lowest BCUT2D eigenvalue weighted by atomic mass is 9.86. The largest absolute Gasteiger partial charge is 0.444 e. The smallest absolute Gasteiger partial charge is 0.410 e. The van der Waals surface area contributed by atoms with E-state index in [0.717, 1.165) is 23.9 Å². The van der Waals surface area contributed by atoms with Gasteiger partial charge in [0, 0.05) is 36.3 Å². The van der Waals surface area contributed by atoms with E-state index in [2.05, 4.69) is 10.3 Å². The summed E-state index contributed by atoms with van der Waals surface area (Å²) in [6, 6.07) is 4.42. The van der Waals surface area contributed by atoms with Gasteiger partial charge in [-0.25, -0.2) is 18.6 Å². The molecule has 2 amide bonds. The van der Waals surface area contributed by atoms with Crippen molar-refractivity contribution in [3.63, 3.8) is 0 Å². The first kappa shape index (κ1) is 27.7. The molecule has 218 valence electrons. The first-order valence-corrected chi connectivity index (χ1v) is 14.9. The number of hydrogen-bond acceptors (Lipinski definition) is 7. The average Bonchev–Trinajstić information content (AvgIpc) is 3.37. The summed E-state index contributed by atoms with van der Waals surface area (Å²) in [5.41, 5.74) is 7.78. The number of halogens is 2. The summed E-state index contributed by atoms with van der Waals surface area (Å²) in [5.74, 6) is -1.21. The molecule has 0 spiro atoms. The number of piperazine rings is 1. The highest BCUT2D eigenvalue weighted by Crippen LogP contribution is 2.39. The maximum Gasteiger partial charge on any atom is 0.410 e. The van der Waals surface area contributed by atoms with E-state index in [1.54, 1.807) is 4.90 Å². The van der Waals surface area contributed by atoms with Crippen molar-refractivity contribution in [3.8, 4) is 0 Å². The summed E-state index contributed by atoms with van der Waals surface area (Å²) >= 11 is 1.23. The Morgan fingerprint density at radius 2 is 1.83 bits per heavy atom. The van der Waals surface area contributed by atoms with Crippen molar-refractivity contribution in [2.24, 2.45) is 0 Å². The number of ether oxygens (including phenoxy) is 1. The van der Waals surface area contributed by atoms with Crippen molar-refractivity contribution >= 4 is 44.9 Å². The van der Waals surface area contributed by atoms with Crippen LogP contribution in [0.2, 0.25) is 0 Å². The summed E-state index contributed by atoms with van der Waals surface area (Å²) in [6.45, 7) is 8.23. The fourth-order valence-corrected chi connectivity index (χ4v) is 7.47. The molecule has 2 unspecified atom stereocenters. The van der Waals surface area contributed by atoms with E-state index in [1.165, 1.54) is 17.4 Å². The molecule has 11 heteroatoms. The Labute approximate surface area is 241 Å². The van der Waals surface area contributed by atoms with Crippen molar-refractivity contribution in [2.75, 3.05) is 23.7 Å². The van der Waals surface area contributed by atoms with E-state index in [4.69, 9.17) is 10.5 Å². The molecule has 0 saturated carbocycles. The van der Waals surface area contributed by atoms with Crippen LogP contribution in [0.1, 0.15) is 66.5 Å². The number of nitrogens with one attached hydrogen (secondary N) is 1. The van der Waals surface area contributed by atoms with E-state index in [-0.39, 0.29) is 42.2 Å². The number of carbonyl (C=O) groups is 2. The summed E-state index contributed by atoms with van der Waals surface area (Å²) < 4.78 is 37.0. The number of carbonyl (C=O) groups excluding carboxylic acids is 2. The molecule has 6 rings (SSSR count). The van der Waals surface area contributed by atoms with Gasteiger partial charge < -0.3 is 20.7 Å². The van der Waals surface area contributed by atoms with Gasteiger partial charge in [0.25, 0.3) is 5.91 Å². The number of aryl methyl sites for hydroxylation is 1. The highest BCUT2D eigenvalue weighted by Gasteiger charge is 2.45. The molecule has 2 bridgehead atoms. The molecule has 0 radical (unpaired) electrons. The standard InChI is InChI=1S/C30H35F2N5O3S/c1-15-5-9-20-25(33)26(41-28(20)34-15)27(38)35-16-6-10-19-21(11-16)22(31)12-23(24(19)32)36-13-17-7-8-18(14-36)37(17)29(39)40-30(2,3)4/h5,9,12,16-18H,6-8,10-11,13-14,33H2,1-4H3,(H,35,38)/t16-,17?,18?/m0/s1. The molecule has 2 saturated heterocycles. The molecule has 2 aliphatic heterocycles. The third-order valence-electron chi connectivity index (χ3n) is 8.30. The Morgan fingerprint density at radius 3 is 2.51 bits per heavy atom. The average molecular weight is 584 g/mol. The zero-order valence-corrected chi connectivity index (χ0v) is 24.5. The lowest BCUT2D eigenvalue weighted by Crippen LogP contribution is -2.57. The fraction of sp³-hybridized carbons (Fsp3) is 0.500. The number of thiophene rings is 1. The molecule has 2 aromatic heterocycles. The molecule has 3 N–H and O–H groups in total. The van der Waals surface area contributed by atoms with Gasteiger partial charge in [0.05, 0.1) is 23.5 Å². The van der Waals surface area contributed by atoms with Crippen LogP contribution in [0.4, 0.5) is 25.0 Å². The molecular formula is C30H35F2N5O3S. The van der Waals surface area contributed by atoms with Gasteiger partial charge in [0.2, 0.25) is 0 Å². The van der Waals surface area contributed by atoms with E-state index in [9.17, 15) is 9.59 Å². The Morgan fingerprint density at radius 1 is 1.12 bits per heavy atom. The number of hydrogen-bond donors (Lipinski definition) is 2. The lowest BCUT2D eigenvalue weighted by Gasteiger charge is -2.42. The van der Waals surface area contributed by atoms with Crippen LogP contribution in [-0.2, 0) is 17.6 Å². The summed E-state index contributed by atoms with van der Waals surface area (Å²) in [5, 5.41) is 3.72.